The van der Waals surface area contributed by atoms with Gasteiger partial charge in [-0.2, -0.15) is 0 Å². The van der Waals surface area contributed by atoms with Crippen molar-refractivity contribution in [3.05, 3.63) is 103 Å². The van der Waals surface area contributed by atoms with Crippen molar-refractivity contribution in [2.75, 3.05) is 10.6 Å². The van der Waals surface area contributed by atoms with Gasteiger partial charge >= 0.3 is 5.97 Å². The second kappa shape index (κ2) is 10.8. The Bertz CT molecular complexity index is 1090. The Kier molecular flexibility index (Phi) is 7.61. The van der Waals surface area contributed by atoms with Gasteiger partial charge < -0.3 is 15.7 Å². The summed E-state index contributed by atoms with van der Waals surface area (Å²) in [7, 11) is 0. The van der Waals surface area contributed by atoms with Gasteiger partial charge in [0.1, 0.15) is 5.25 Å². The molecule has 0 spiro atoms. The standard InChI is InChI=1S/C24H20N2O4S/c27-21(14-15-22(28)29)25-19-12-7-13-20(16-19)31-23(17-8-3-1-4-9-17)24(30)26-18-10-5-2-6-11-18/h1-16,23H,(H,25,27)(H,26,30)(H,28,29)/b15-14+. The van der Waals surface area contributed by atoms with E-state index in [1.807, 2.05) is 66.7 Å². The third-order valence-corrected chi connectivity index (χ3v) is 5.36. The molecule has 0 radical (unpaired) electrons. The number of anilines is 2. The zero-order chi connectivity index (χ0) is 22.1. The van der Waals surface area contributed by atoms with Crippen molar-refractivity contribution in [2.24, 2.45) is 0 Å². The number of aliphatic carboxylic acids is 1. The number of amides is 2. The average molecular weight is 433 g/mol. The van der Waals surface area contributed by atoms with Crippen LogP contribution in [-0.2, 0) is 14.4 Å². The third-order valence-electron chi connectivity index (χ3n) is 4.11. The van der Waals surface area contributed by atoms with Crippen LogP contribution in [0.1, 0.15) is 10.8 Å². The van der Waals surface area contributed by atoms with E-state index in [0.717, 1.165) is 22.6 Å². The highest BCUT2D eigenvalue weighted by Crippen LogP contribution is 2.37. The minimum absolute atomic E-state index is 0.166. The minimum atomic E-state index is -1.20. The fourth-order valence-electron chi connectivity index (χ4n) is 2.74. The molecule has 0 saturated carbocycles. The predicted octanol–water partition coefficient (Wildman–Crippen LogP) is 4.74. The number of hydrogen-bond donors (Lipinski definition) is 3. The van der Waals surface area contributed by atoms with Gasteiger partial charge in [-0.15, -0.1) is 11.8 Å². The van der Waals surface area contributed by atoms with Crippen molar-refractivity contribution in [1.82, 2.24) is 0 Å². The van der Waals surface area contributed by atoms with Crippen LogP contribution in [0, 0.1) is 0 Å². The Morgan fingerprint density at radius 2 is 1.42 bits per heavy atom. The Morgan fingerprint density at radius 1 is 0.774 bits per heavy atom. The minimum Gasteiger partial charge on any atom is -0.478 e. The molecule has 0 bridgehead atoms. The van der Waals surface area contributed by atoms with Gasteiger partial charge in [-0.25, -0.2) is 4.79 Å². The number of nitrogens with one attached hydrogen (secondary N) is 2. The molecule has 1 unspecified atom stereocenters. The van der Waals surface area contributed by atoms with Crippen LogP contribution in [0.25, 0.3) is 0 Å². The summed E-state index contributed by atoms with van der Waals surface area (Å²) in [6, 6.07) is 25.7. The van der Waals surface area contributed by atoms with Gasteiger partial charge in [-0.1, -0.05) is 54.6 Å². The first kappa shape index (κ1) is 21.9. The molecule has 6 nitrogen and oxygen atoms in total. The molecule has 7 heteroatoms. The summed E-state index contributed by atoms with van der Waals surface area (Å²) < 4.78 is 0. The van der Waals surface area contributed by atoms with E-state index < -0.39 is 17.1 Å². The smallest absolute Gasteiger partial charge is 0.328 e. The molecule has 0 aliphatic rings. The lowest BCUT2D eigenvalue weighted by molar-refractivity contribution is -0.131. The number of para-hydroxylation sites is 1. The topological polar surface area (TPSA) is 95.5 Å². The van der Waals surface area contributed by atoms with E-state index in [1.54, 1.807) is 18.2 Å². The fraction of sp³-hybridized carbons (Fsp3) is 0.0417. The Hall–Kier alpha value is -3.84. The zero-order valence-electron chi connectivity index (χ0n) is 16.4. The van der Waals surface area contributed by atoms with Gasteiger partial charge in [0.15, 0.2) is 0 Å². The number of carbonyl (C=O) groups is 3. The van der Waals surface area contributed by atoms with Gasteiger partial charge in [-0.3, -0.25) is 9.59 Å². The molecule has 1 atom stereocenters. The van der Waals surface area contributed by atoms with Gasteiger partial charge in [0.2, 0.25) is 11.8 Å². The number of thioether (sulfide) groups is 1. The summed E-state index contributed by atoms with van der Waals surface area (Å²) >= 11 is 1.35. The first-order valence-corrected chi connectivity index (χ1v) is 10.3. The second-order valence-electron chi connectivity index (χ2n) is 6.45. The van der Waals surface area contributed by atoms with Crippen LogP contribution in [0.2, 0.25) is 0 Å². The van der Waals surface area contributed by atoms with Crippen molar-refractivity contribution < 1.29 is 19.5 Å². The van der Waals surface area contributed by atoms with Gasteiger partial charge in [0.05, 0.1) is 0 Å². The number of hydrogen-bond acceptors (Lipinski definition) is 4. The van der Waals surface area contributed by atoms with Crippen LogP contribution >= 0.6 is 11.8 Å². The van der Waals surface area contributed by atoms with Crippen molar-refractivity contribution in [1.29, 1.82) is 0 Å². The summed E-state index contributed by atoms with van der Waals surface area (Å²) in [5.74, 6) is -1.92. The van der Waals surface area contributed by atoms with E-state index in [2.05, 4.69) is 10.6 Å². The number of benzene rings is 3. The summed E-state index contributed by atoms with van der Waals surface area (Å²) in [6.45, 7) is 0. The first-order chi connectivity index (χ1) is 15.0. The van der Waals surface area contributed by atoms with Gasteiger partial charge in [-0.05, 0) is 35.9 Å². The highest BCUT2D eigenvalue weighted by atomic mass is 32.2. The molecule has 3 aromatic carbocycles. The molecule has 3 aromatic rings. The normalized spacial score (nSPS) is 11.6. The lowest BCUT2D eigenvalue weighted by Gasteiger charge is -2.17. The van der Waals surface area contributed by atoms with Crippen LogP contribution in [0.5, 0.6) is 0 Å². The van der Waals surface area contributed by atoms with E-state index in [0.29, 0.717) is 11.4 Å². The molecule has 3 N–H and O–H groups in total. The number of rotatable bonds is 8. The molecule has 0 aliphatic carbocycles. The van der Waals surface area contributed by atoms with Gasteiger partial charge in [0.25, 0.3) is 0 Å². The summed E-state index contributed by atoms with van der Waals surface area (Å²) in [5, 5.41) is 13.7. The number of carboxylic acid groups (broad SMARTS) is 1. The van der Waals surface area contributed by atoms with Crippen LogP contribution in [0.15, 0.2) is 102 Å². The van der Waals surface area contributed by atoms with Crippen LogP contribution in [0.3, 0.4) is 0 Å². The summed E-state index contributed by atoms with van der Waals surface area (Å²) in [4.78, 5) is 36.2. The maximum atomic E-state index is 13.1. The third kappa shape index (κ3) is 6.87. The summed E-state index contributed by atoms with van der Waals surface area (Å²) in [5.41, 5.74) is 2.06. The van der Waals surface area contributed by atoms with Crippen LogP contribution in [0.4, 0.5) is 11.4 Å². The lowest BCUT2D eigenvalue weighted by atomic mass is 10.1. The molecular weight excluding hydrogens is 412 g/mol. The maximum absolute atomic E-state index is 13.1. The monoisotopic (exact) mass is 432 g/mol. The largest absolute Gasteiger partial charge is 0.478 e. The second-order valence-corrected chi connectivity index (χ2v) is 7.63. The van der Waals surface area contributed by atoms with E-state index in [4.69, 9.17) is 5.11 Å². The van der Waals surface area contributed by atoms with Crippen molar-refractivity contribution in [3.8, 4) is 0 Å². The molecule has 0 aromatic heterocycles. The Balaban J connectivity index is 1.79. The molecule has 3 rings (SSSR count). The van der Waals surface area contributed by atoms with E-state index in [9.17, 15) is 14.4 Å². The first-order valence-electron chi connectivity index (χ1n) is 9.41. The molecule has 156 valence electrons. The highest BCUT2D eigenvalue weighted by molar-refractivity contribution is 8.00. The summed E-state index contributed by atoms with van der Waals surface area (Å²) in [6.07, 6.45) is 1.72. The molecular formula is C24H20N2O4S. The van der Waals surface area contributed by atoms with Crippen LogP contribution < -0.4 is 10.6 Å². The SMILES string of the molecule is O=C(O)/C=C/C(=O)Nc1cccc(SC(C(=O)Nc2ccccc2)c2ccccc2)c1. The molecule has 0 saturated heterocycles. The Labute approximate surface area is 184 Å². The average Bonchev–Trinajstić information content (AvgIpc) is 2.77. The molecule has 0 heterocycles. The van der Waals surface area contributed by atoms with Crippen molar-refractivity contribution in [2.45, 2.75) is 10.1 Å². The van der Waals surface area contributed by atoms with Crippen molar-refractivity contribution in [3.63, 3.8) is 0 Å². The molecule has 2 amide bonds. The zero-order valence-corrected chi connectivity index (χ0v) is 17.2. The fourth-order valence-corrected chi connectivity index (χ4v) is 3.83. The highest BCUT2D eigenvalue weighted by Gasteiger charge is 2.22. The van der Waals surface area contributed by atoms with E-state index in [-0.39, 0.29) is 5.91 Å². The van der Waals surface area contributed by atoms with E-state index in [1.165, 1.54) is 11.8 Å². The number of carboxylic acids is 1. The van der Waals surface area contributed by atoms with Crippen molar-refractivity contribution >= 4 is 40.9 Å². The Morgan fingerprint density at radius 3 is 2.10 bits per heavy atom. The molecule has 31 heavy (non-hydrogen) atoms. The quantitative estimate of drug-likeness (QED) is 0.353. The molecule has 0 aliphatic heterocycles. The number of carbonyl (C=O) groups excluding carboxylic acids is 2. The van der Waals surface area contributed by atoms with Gasteiger partial charge in [0, 0.05) is 28.4 Å². The molecule has 0 fully saturated rings. The van der Waals surface area contributed by atoms with E-state index >= 15 is 0 Å². The lowest BCUT2D eigenvalue weighted by Crippen LogP contribution is -2.19. The maximum Gasteiger partial charge on any atom is 0.328 e. The predicted molar refractivity (Wildman–Crippen MR) is 122 cm³/mol. The van der Waals surface area contributed by atoms with Crippen LogP contribution in [-0.4, -0.2) is 22.9 Å².